The first-order chi connectivity index (χ1) is 12.3. The number of carbonyl (C=O) groups excluding carboxylic acids is 1. The zero-order chi connectivity index (χ0) is 19.1. The van der Waals surface area contributed by atoms with Gasteiger partial charge in [-0.25, -0.2) is 4.39 Å². The van der Waals surface area contributed by atoms with Crippen LogP contribution >= 0.6 is 15.9 Å². The van der Waals surface area contributed by atoms with Gasteiger partial charge in [0.2, 0.25) is 5.91 Å². The summed E-state index contributed by atoms with van der Waals surface area (Å²) in [5, 5.41) is 13.4. The highest BCUT2D eigenvalue weighted by atomic mass is 79.9. The number of halogens is 2. The normalized spacial score (nSPS) is 10.6. The number of hydrogen-bond acceptors (Lipinski definition) is 5. The molecule has 0 fully saturated rings. The van der Waals surface area contributed by atoms with Gasteiger partial charge in [-0.3, -0.25) is 19.8 Å². The maximum atomic E-state index is 13.0. The molecule has 0 unspecified atom stereocenters. The van der Waals surface area contributed by atoms with Crippen LogP contribution in [0.4, 0.5) is 15.8 Å². The molecule has 2 aromatic rings. The number of carbonyl (C=O) groups is 1. The zero-order valence-corrected chi connectivity index (χ0v) is 15.5. The van der Waals surface area contributed by atoms with E-state index in [2.05, 4.69) is 21.2 Å². The van der Waals surface area contributed by atoms with Gasteiger partial charge in [-0.05, 0) is 41.2 Å². The minimum absolute atomic E-state index is 0.0681. The van der Waals surface area contributed by atoms with Crippen LogP contribution in [0.5, 0.6) is 5.75 Å². The number of likely N-dealkylation sites (N-methyl/N-ethyl adjacent to an activating group) is 1. The van der Waals surface area contributed by atoms with Gasteiger partial charge in [0.25, 0.3) is 5.69 Å². The highest BCUT2D eigenvalue weighted by molar-refractivity contribution is 9.10. The number of nitrogens with one attached hydrogen (secondary N) is 1. The van der Waals surface area contributed by atoms with Crippen molar-refractivity contribution in [1.29, 1.82) is 0 Å². The van der Waals surface area contributed by atoms with Crippen LogP contribution in [0, 0.1) is 15.9 Å². The van der Waals surface area contributed by atoms with Gasteiger partial charge < -0.3 is 10.1 Å². The first-order valence-corrected chi connectivity index (χ1v) is 8.45. The Hall–Kier alpha value is -2.52. The Morgan fingerprint density at radius 3 is 2.77 bits per heavy atom. The second-order valence-electron chi connectivity index (χ2n) is 5.51. The summed E-state index contributed by atoms with van der Waals surface area (Å²) in [6, 6.07) is 9.94. The Bertz CT molecular complexity index is 803. The van der Waals surface area contributed by atoms with E-state index in [1.165, 1.54) is 30.3 Å². The molecule has 0 saturated carbocycles. The molecule has 1 N–H and O–H groups in total. The highest BCUT2D eigenvalue weighted by Gasteiger charge is 2.12. The van der Waals surface area contributed by atoms with Crippen molar-refractivity contribution < 1.29 is 18.8 Å². The van der Waals surface area contributed by atoms with Crippen LogP contribution in [0.1, 0.15) is 0 Å². The summed E-state index contributed by atoms with van der Waals surface area (Å²) in [6.07, 6.45) is 0. The lowest BCUT2D eigenvalue weighted by atomic mass is 10.3. The van der Waals surface area contributed by atoms with E-state index < -0.39 is 4.92 Å². The predicted molar refractivity (Wildman–Crippen MR) is 98.8 cm³/mol. The molecule has 2 rings (SSSR count). The predicted octanol–water partition coefficient (Wildman–Crippen LogP) is 3.45. The summed E-state index contributed by atoms with van der Waals surface area (Å²) in [7, 11) is 1.75. The summed E-state index contributed by atoms with van der Waals surface area (Å²) >= 11 is 3.20. The van der Waals surface area contributed by atoms with E-state index in [0.29, 0.717) is 29.1 Å². The summed E-state index contributed by atoms with van der Waals surface area (Å²) in [5.41, 5.74) is 0.381. The summed E-state index contributed by atoms with van der Waals surface area (Å²) in [6.45, 7) is 0.871. The maximum Gasteiger partial charge on any atom is 0.270 e. The summed E-state index contributed by atoms with van der Waals surface area (Å²) in [5.74, 6) is -0.214. The van der Waals surface area contributed by atoms with Gasteiger partial charge in [-0.1, -0.05) is 6.07 Å². The molecule has 7 nitrogen and oxygen atoms in total. The SMILES string of the molecule is CN(CCOc1cccc(F)c1)CC(=O)Nc1ccc([N+](=O)[O-])cc1Br. The number of nitro benzene ring substituents is 1. The van der Waals surface area contributed by atoms with E-state index in [1.54, 1.807) is 24.1 Å². The van der Waals surface area contributed by atoms with Crippen LogP contribution < -0.4 is 10.1 Å². The van der Waals surface area contributed by atoms with Crippen molar-refractivity contribution in [3.63, 3.8) is 0 Å². The van der Waals surface area contributed by atoms with Gasteiger partial charge in [0.1, 0.15) is 18.2 Å². The standard InChI is InChI=1S/C17H17BrFN3O4/c1-21(7-8-26-14-4-2-3-12(19)9-14)11-17(23)20-16-6-5-13(22(24)25)10-15(16)18/h2-6,9-10H,7-8,11H2,1H3,(H,20,23). The van der Waals surface area contributed by atoms with Gasteiger partial charge in [-0.15, -0.1) is 0 Å². The molecule has 0 heterocycles. The molecule has 1 amide bonds. The Morgan fingerprint density at radius 1 is 1.35 bits per heavy atom. The van der Waals surface area contributed by atoms with Crippen LogP contribution in [0.3, 0.4) is 0 Å². The van der Waals surface area contributed by atoms with Crippen LogP contribution in [-0.2, 0) is 4.79 Å². The minimum Gasteiger partial charge on any atom is -0.492 e. The van der Waals surface area contributed by atoms with Crippen molar-refractivity contribution in [3.05, 3.63) is 62.9 Å². The van der Waals surface area contributed by atoms with E-state index in [0.717, 1.165) is 0 Å². The largest absolute Gasteiger partial charge is 0.492 e. The minimum atomic E-state index is -0.511. The lowest BCUT2D eigenvalue weighted by molar-refractivity contribution is -0.384. The topological polar surface area (TPSA) is 84.7 Å². The summed E-state index contributed by atoms with van der Waals surface area (Å²) < 4.78 is 18.9. The second kappa shape index (κ2) is 9.25. The number of hydrogen-bond donors (Lipinski definition) is 1. The third-order valence-corrected chi connectivity index (χ3v) is 4.05. The number of benzene rings is 2. The molecule has 0 aliphatic rings. The first-order valence-electron chi connectivity index (χ1n) is 7.66. The molecular weight excluding hydrogens is 409 g/mol. The molecule has 0 aliphatic heterocycles. The average molecular weight is 426 g/mol. The Balaban J connectivity index is 1.79. The summed E-state index contributed by atoms with van der Waals surface area (Å²) in [4.78, 5) is 24.0. The van der Waals surface area contributed by atoms with Gasteiger partial charge in [0.05, 0.1) is 17.2 Å². The van der Waals surface area contributed by atoms with Crippen molar-refractivity contribution >= 4 is 33.2 Å². The van der Waals surface area contributed by atoms with Crippen molar-refractivity contribution in [2.45, 2.75) is 0 Å². The van der Waals surface area contributed by atoms with Crippen molar-refractivity contribution in [2.24, 2.45) is 0 Å². The maximum absolute atomic E-state index is 13.0. The molecule has 0 radical (unpaired) electrons. The monoisotopic (exact) mass is 425 g/mol. The average Bonchev–Trinajstić information content (AvgIpc) is 2.56. The number of nitro groups is 1. The van der Waals surface area contributed by atoms with Crippen molar-refractivity contribution in [1.82, 2.24) is 4.90 Å². The molecule has 0 aliphatic carbocycles. The fourth-order valence-electron chi connectivity index (χ4n) is 2.11. The van der Waals surface area contributed by atoms with Crippen LogP contribution in [0.15, 0.2) is 46.9 Å². The third kappa shape index (κ3) is 6.08. The highest BCUT2D eigenvalue weighted by Crippen LogP contribution is 2.27. The smallest absolute Gasteiger partial charge is 0.270 e. The second-order valence-corrected chi connectivity index (χ2v) is 6.37. The molecule has 2 aromatic carbocycles. The first kappa shape index (κ1) is 19.8. The number of anilines is 1. The number of non-ortho nitro benzene ring substituents is 1. The molecule has 26 heavy (non-hydrogen) atoms. The van der Waals surface area contributed by atoms with Crippen LogP contribution in [0.2, 0.25) is 0 Å². The molecule has 0 atom stereocenters. The quantitative estimate of drug-likeness (QED) is 0.517. The fraction of sp³-hybridized carbons (Fsp3) is 0.235. The molecule has 0 bridgehead atoms. The van der Waals surface area contributed by atoms with Gasteiger partial charge in [0.15, 0.2) is 0 Å². The number of nitrogens with zero attached hydrogens (tertiary/aromatic N) is 2. The van der Waals surface area contributed by atoms with E-state index in [9.17, 15) is 19.3 Å². The van der Waals surface area contributed by atoms with Gasteiger partial charge in [-0.2, -0.15) is 0 Å². The van der Waals surface area contributed by atoms with Crippen LogP contribution in [-0.4, -0.2) is 42.5 Å². The molecule has 9 heteroatoms. The lowest BCUT2D eigenvalue weighted by Gasteiger charge is -2.17. The third-order valence-electron chi connectivity index (χ3n) is 3.39. The molecule has 0 saturated heterocycles. The van der Waals surface area contributed by atoms with Gasteiger partial charge in [0, 0.05) is 29.2 Å². The fourth-order valence-corrected chi connectivity index (χ4v) is 2.57. The Kier molecular flexibility index (Phi) is 7.05. The van der Waals surface area contributed by atoms with E-state index >= 15 is 0 Å². The number of amides is 1. The van der Waals surface area contributed by atoms with Crippen LogP contribution in [0.25, 0.3) is 0 Å². The van der Waals surface area contributed by atoms with Crippen molar-refractivity contribution in [3.8, 4) is 5.75 Å². The van der Waals surface area contributed by atoms with E-state index in [1.807, 2.05) is 0 Å². The Morgan fingerprint density at radius 2 is 2.12 bits per heavy atom. The van der Waals surface area contributed by atoms with E-state index in [-0.39, 0.29) is 24.0 Å². The number of rotatable bonds is 8. The molecule has 0 spiro atoms. The van der Waals surface area contributed by atoms with Gasteiger partial charge >= 0.3 is 0 Å². The zero-order valence-electron chi connectivity index (χ0n) is 13.9. The molecule has 138 valence electrons. The Labute approximate surface area is 158 Å². The lowest BCUT2D eigenvalue weighted by Crippen LogP contribution is -2.33. The number of ether oxygens (including phenoxy) is 1. The molecule has 0 aromatic heterocycles. The molecular formula is C17H17BrFN3O4. The van der Waals surface area contributed by atoms with E-state index in [4.69, 9.17) is 4.74 Å². The van der Waals surface area contributed by atoms with Crippen molar-refractivity contribution in [2.75, 3.05) is 32.1 Å².